The highest BCUT2D eigenvalue weighted by Gasteiger charge is 2.38. The Hall–Kier alpha value is -1.84. The van der Waals surface area contributed by atoms with Crippen LogP contribution in [0.4, 0.5) is 0 Å². The van der Waals surface area contributed by atoms with Crippen LogP contribution in [-0.4, -0.2) is 57.4 Å². The Morgan fingerprint density at radius 2 is 2.08 bits per heavy atom. The molecule has 1 atom stereocenters. The van der Waals surface area contributed by atoms with Gasteiger partial charge in [-0.15, -0.1) is 0 Å². The Morgan fingerprint density at radius 3 is 2.77 bits per heavy atom. The molecule has 1 fully saturated rings. The molecule has 1 saturated heterocycles. The van der Waals surface area contributed by atoms with E-state index in [2.05, 4.69) is 17.0 Å². The van der Waals surface area contributed by atoms with Crippen molar-refractivity contribution < 1.29 is 8.42 Å². The summed E-state index contributed by atoms with van der Waals surface area (Å²) in [6.07, 6.45) is 4.27. The number of aryl methyl sites for hydroxylation is 2. The predicted molar refractivity (Wildman–Crippen MR) is 99.6 cm³/mol. The second kappa shape index (κ2) is 7.42. The van der Waals surface area contributed by atoms with E-state index >= 15 is 0 Å². The number of rotatable bonds is 6. The van der Waals surface area contributed by atoms with Crippen LogP contribution in [0.15, 0.2) is 18.3 Å². The smallest absolute Gasteiger partial charge is 0.263 e. The molecule has 1 aliphatic heterocycles. The van der Waals surface area contributed by atoms with E-state index < -0.39 is 10.2 Å². The van der Waals surface area contributed by atoms with E-state index in [9.17, 15) is 8.42 Å². The van der Waals surface area contributed by atoms with Crippen molar-refractivity contribution in [3.05, 3.63) is 29.8 Å². The van der Waals surface area contributed by atoms with Crippen molar-refractivity contribution in [2.24, 2.45) is 0 Å². The average molecular weight is 379 g/mol. The minimum absolute atomic E-state index is 0.330. The maximum Gasteiger partial charge on any atom is 0.282 e. The van der Waals surface area contributed by atoms with Crippen LogP contribution < -0.4 is 0 Å². The lowest BCUT2D eigenvalue weighted by molar-refractivity contribution is 0.352. The minimum atomic E-state index is -3.50. The van der Waals surface area contributed by atoms with Crippen LogP contribution in [0.1, 0.15) is 43.7 Å². The lowest BCUT2D eigenvalue weighted by atomic mass is 10.2. The highest BCUT2D eigenvalue weighted by Crippen LogP contribution is 2.34. The molecule has 2 aromatic rings. The fraction of sp³-hybridized carbons (Fsp3) is 0.588. The number of hydrogen-bond donors (Lipinski definition) is 0. The van der Waals surface area contributed by atoms with E-state index in [1.807, 2.05) is 23.7 Å². The van der Waals surface area contributed by atoms with Gasteiger partial charge in [-0.05, 0) is 38.3 Å². The summed E-state index contributed by atoms with van der Waals surface area (Å²) in [7, 11) is -0.397. The van der Waals surface area contributed by atoms with Crippen LogP contribution >= 0.6 is 0 Å². The van der Waals surface area contributed by atoms with Crippen molar-refractivity contribution in [3.63, 3.8) is 0 Å². The fourth-order valence-corrected chi connectivity index (χ4v) is 4.60. The molecule has 0 amide bonds. The molecule has 9 heteroatoms. The summed E-state index contributed by atoms with van der Waals surface area (Å²) in [5, 5.41) is 4.36. The topological polar surface area (TPSA) is 84.2 Å². The number of hydrogen-bond acceptors (Lipinski definition) is 5. The molecule has 26 heavy (non-hydrogen) atoms. The Labute approximate surface area is 155 Å². The van der Waals surface area contributed by atoms with Gasteiger partial charge in [0.2, 0.25) is 0 Å². The Morgan fingerprint density at radius 1 is 1.31 bits per heavy atom. The van der Waals surface area contributed by atoms with Crippen LogP contribution in [0.5, 0.6) is 0 Å². The molecule has 0 aromatic carbocycles. The summed E-state index contributed by atoms with van der Waals surface area (Å²) in [5.41, 5.74) is 2.54. The molecule has 0 spiro atoms. The quantitative estimate of drug-likeness (QED) is 0.768. The zero-order valence-electron chi connectivity index (χ0n) is 15.8. The van der Waals surface area contributed by atoms with Crippen LogP contribution in [0, 0.1) is 6.92 Å². The van der Waals surface area contributed by atoms with E-state index in [1.54, 1.807) is 20.3 Å². The van der Waals surface area contributed by atoms with Gasteiger partial charge in [-0.2, -0.15) is 22.1 Å². The van der Waals surface area contributed by atoms with E-state index in [-0.39, 0.29) is 6.04 Å². The SMILES string of the molecule is CCCn1nccc1-c1cc(C)nc(C2CCCN2S(=O)(=O)N(C)C)n1. The third-order valence-corrected chi connectivity index (χ3v) is 6.50. The second-order valence-electron chi connectivity index (χ2n) is 6.75. The molecule has 1 unspecified atom stereocenters. The molecule has 142 valence electrons. The van der Waals surface area contributed by atoms with Gasteiger partial charge in [-0.1, -0.05) is 6.92 Å². The normalized spacial score (nSPS) is 18.7. The third kappa shape index (κ3) is 3.51. The minimum Gasteiger partial charge on any atom is -0.263 e. The molecular weight excluding hydrogens is 352 g/mol. The zero-order valence-corrected chi connectivity index (χ0v) is 16.6. The predicted octanol–water partition coefficient (Wildman–Crippen LogP) is 2.00. The molecular formula is C17H26N6O2S. The van der Waals surface area contributed by atoms with E-state index in [1.165, 1.54) is 8.61 Å². The Kier molecular flexibility index (Phi) is 5.40. The third-order valence-electron chi connectivity index (χ3n) is 4.55. The summed E-state index contributed by atoms with van der Waals surface area (Å²) in [6, 6.07) is 3.53. The molecule has 3 heterocycles. The first-order chi connectivity index (χ1) is 12.3. The molecule has 0 N–H and O–H groups in total. The van der Waals surface area contributed by atoms with Gasteiger partial charge in [-0.3, -0.25) is 4.68 Å². The van der Waals surface area contributed by atoms with Crippen LogP contribution in [0.2, 0.25) is 0 Å². The van der Waals surface area contributed by atoms with Gasteiger partial charge in [0.25, 0.3) is 10.2 Å². The largest absolute Gasteiger partial charge is 0.282 e. The fourth-order valence-electron chi connectivity index (χ4n) is 3.30. The molecule has 0 aliphatic carbocycles. The lowest BCUT2D eigenvalue weighted by Crippen LogP contribution is -2.40. The van der Waals surface area contributed by atoms with Crippen molar-refractivity contribution in [1.82, 2.24) is 28.4 Å². The first kappa shape index (κ1) is 18.9. The molecule has 1 aliphatic rings. The molecule has 0 bridgehead atoms. The van der Waals surface area contributed by atoms with Gasteiger partial charge in [0.15, 0.2) is 0 Å². The zero-order chi connectivity index (χ0) is 18.9. The molecule has 0 radical (unpaired) electrons. The maximum absolute atomic E-state index is 12.6. The van der Waals surface area contributed by atoms with Gasteiger partial charge in [0.1, 0.15) is 5.82 Å². The Bertz CT molecular complexity index is 877. The number of nitrogens with zero attached hydrogens (tertiary/aromatic N) is 6. The van der Waals surface area contributed by atoms with Gasteiger partial charge < -0.3 is 0 Å². The summed E-state index contributed by atoms with van der Waals surface area (Å²) in [4.78, 5) is 9.29. The molecule has 3 rings (SSSR count). The lowest BCUT2D eigenvalue weighted by Gasteiger charge is -2.26. The van der Waals surface area contributed by atoms with Crippen molar-refractivity contribution in [1.29, 1.82) is 0 Å². The highest BCUT2D eigenvalue weighted by molar-refractivity contribution is 7.86. The van der Waals surface area contributed by atoms with Crippen LogP contribution in [-0.2, 0) is 16.8 Å². The van der Waals surface area contributed by atoms with Gasteiger partial charge in [0, 0.05) is 39.1 Å². The molecule has 8 nitrogen and oxygen atoms in total. The van der Waals surface area contributed by atoms with E-state index in [0.29, 0.717) is 12.4 Å². The van der Waals surface area contributed by atoms with E-state index in [4.69, 9.17) is 4.98 Å². The van der Waals surface area contributed by atoms with E-state index in [0.717, 1.165) is 42.9 Å². The van der Waals surface area contributed by atoms with Crippen molar-refractivity contribution >= 4 is 10.2 Å². The molecule has 2 aromatic heterocycles. The second-order valence-corrected chi connectivity index (χ2v) is 8.85. The van der Waals surface area contributed by atoms with Crippen LogP contribution in [0.3, 0.4) is 0 Å². The van der Waals surface area contributed by atoms with Gasteiger partial charge >= 0.3 is 0 Å². The number of aromatic nitrogens is 4. The summed E-state index contributed by atoms with van der Waals surface area (Å²) < 4.78 is 30.0. The average Bonchev–Trinajstić information content (AvgIpc) is 3.24. The van der Waals surface area contributed by atoms with Gasteiger partial charge in [-0.25, -0.2) is 9.97 Å². The van der Waals surface area contributed by atoms with Crippen LogP contribution in [0.25, 0.3) is 11.4 Å². The standard InChI is InChI=1S/C17H26N6O2S/c1-5-10-22-15(8-9-18-22)14-12-13(2)19-17(20-14)16-7-6-11-23(16)26(24,25)21(3)4/h8-9,12,16H,5-7,10-11H2,1-4H3. The van der Waals surface area contributed by atoms with Crippen molar-refractivity contribution in [2.45, 2.75) is 45.7 Å². The highest BCUT2D eigenvalue weighted by atomic mass is 32.2. The monoisotopic (exact) mass is 378 g/mol. The van der Waals surface area contributed by atoms with Crippen molar-refractivity contribution in [3.8, 4) is 11.4 Å². The van der Waals surface area contributed by atoms with Gasteiger partial charge in [0.05, 0.1) is 17.4 Å². The summed E-state index contributed by atoms with van der Waals surface area (Å²) >= 11 is 0. The molecule has 0 saturated carbocycles. The first-order valence-electron chi connectivity index (χ1n) is 8.91. The summed E-state index contributed by atoms with van der Waals surface area (Å²) in [5.74, 6) is 0.562. The van der Waals surface area contributed by atoms with Crippen molar-refractivity contribution in [2.75, 3.05) is 20.6 Å². The summed E-state index contributed by atoms with van der Waals surface area (Å²) in [6.45, 7) is 5.32. The maximum atomic E-state index is 12.6. The Balaban J connectivity index is 2.01. The first-order valence-corrected chi connectivity index (χ1v) is 10.3.